The van der Waals surface area contributed by atoms with Crippen LogP contribution in [0.1, 0.15) is 13.3 Å². The van der Waals surface area contributed by atoms with Crippen molar-refractivity contribution in [2.24, 2.45) is 5.92 Å². The van der Waals surface area contributed by atoms with Gasteiger partial charge < -0.3 is 0 Å². The zero-order chi connectivity index (χ0) is 6.57. The van der Waals surface area contributed by atoms with Gasteiger partial charge in [0.2, 0.25) is 6.43 Å². The highest BCUT2D eigenvalue weighted by atomic mass is 35.5. The van der Waals surface area contributed by atoms with E-state index in [4.69, 9.17) is 11.6 Å². The minimum absolute atomic E-state index is 0.0586. The second-order valence-corrected chi connectivity index (χ2v) is 2.19. The maximum atomic E-state index is 11.4. The minimum Gasteiger partial charge on any atom is -0.211 e. The molecule has 0 aromatic rings. The van der Waals surface area contributed by atoms with Gasteiger partial charge in [-0.05, 0) is 5.92 Å². The number of rotatable bonds is 3. The van der Waals surface area contributed by atoms with Crippen molar-refractivity contribution in [3.8, 4) is 0 Å². The van der Waals surface area contributed by atoms with Gasteiger partial charge in [0.25, 0.3) is 0 Å². The summed E-state index contributed by atoms with van der Waals surface area (Å²) in [5.41, 5.74) is 0. The number of hydrogen-bond donors (Lipinski definition) is 0. The molecule has 8 heavy (non-hydrogen) atoms. The van der Waals surface area contributed by atoms with Gasteiger partial charge in [-0.1, -0.05) is 6.92 Å². The largest absolute Gasteiger partial charge is 0.238 e. The summed E-state index contributed by atoms with van der Waals surface area (Å²) >= 11 is 5.26. The third-order valence-electron chi connectivity index (χ3n) is 0.844. The summed E-state index contributed by atoms with van der Waals surface area (Å²) in [4.78, 5) is 0. The first kappa shape index (κ1) is 8.15. The van der Waals surface area contributed by atoms with Crippen molar-refractivity contribution < 1.29 is 8.78 Å². The molecule has 1 atom stereocenters. The van der Waals surface area contributed by atoms with E-state index in [9.17, 15) is 8.78 Å². The molecule has 0 saturated heterocycles. The summed E-state index contributed by atoms with van der Waals surface area (Å²) in [5, 5.41) is 0. The average Bonchev–Trinajstić information content (AvgIpc) is 1.65. The Morgan fingerprint density at radius 3 is 2.12 bits per heavy atom. The smallest absolute Gasteiger partial charge is 0.211 e. The van der Waals surface area contributed by atoms with Crippen molar-refractivity contribution in [2.75, 3.05) is 5.88 Å². The van der Waals surface area contributed by atoms with Crippen molar-refractivity contribution in [3.05, 3.63) is 0 Å². The van der Waals surface area contributed by atoms with Crippen LogP contribution in [0.2, 0.25) is 0 Å². The summed E-state index contributed by atoms with van der Waals surface area (Å²) in [6.07, 6.45) is -2.28. The van der Waals surface area contributed by atoms with Gasteiger partial charge >= 0.3 is 0 Å². The Morgan fingerprint density at radius 2 is 2.00 bits per heavy atom. The molecule has 1 unspecified atom stereocenters. The standard InChI is InChI=1S/C5H9ClF2/c1-4(3-6)2-5(7)8/h4-5H,2-3H2,1H3. The fourth-order valence-electron chi connectivity index (χ4n) is 0.367. The van der Waals surface area contributed by atoms with Crippen LogP contribution < -0.4 is 0 Å². The monoisotopic (exact) mass is 142 g/mol. The van der Waals surface area contributed by atoms with Gasteiger partial charge in [-0.2, -0.15) is 0 Å². The predicted octanol–water partition coefficient (Wildman–Crippen LogP) is 2.52. The third-order valence-corrected chi connectivity index (χ3v) is 1.37. The maximum Gasteiger partial charge on any atom is 0.238 e. The Hall–Kier alpha value is 0.150. The van der Waals surface area contributed by atoms with Gasteiger partial charge in [-0.3, -0.25) is 0 Å². The zero-order valence-electron chi connectivity index (χ0n) is 4.70. The first-order chi connectivity index (χ1) is 3.66. The Balaban J connectivity index is 3.10. The fraction of sp³-hybridized carbons (Fsp3) is 1.00. The van der Waals surface area contributed by atoms with Crippen LogP contribution in [-0.2, 0) is 0 Å². The minimum atomic E-state index is -2.20. The molecule has 0 aromatic carbocycles. The molecule has 0 N–H and O–H groups in total. The van der Waals surface area contributed by atoms with Crippen LogP contribution >= 0.6 is 11.6 Å². The van der Waals surface area contributed by atoms with E-state index in [0.29, 0.717) is 5.88 Å². The summed E-state index contributed by atoms with van der Waals surface area (Å²) < 4.78 is 22.8. The van der Waals surface area contributed by atoms with Crippen molar-refractivity contribution in [3.63, 3.8) is 0 Å². The molecule has 0 nitrogen and oxygen atoms in total. The lowest BCUT2D eigenvalue weighted by atomic mass is 10.1. The van der Waals surface area contributed by atoms with Crippen LogP contribution in [0.5, 0.6) is 0 Å². The van der Waals surface area contributed by atoms with Crippen molar-refractivity contribution in [1.29, 1.82) is 0 Å². The van der Waals surface area contributed by atoms with Gasteiger partial charge in [-0.15, -0.1) is 11.6 Å². The van der Waals surface area contributed by atoms with E-state index in [-0.39, 0.29) is 12.3 Å². The van der Waals surface area contributed by atoms with Gasteiger partial charge in [0.15, 0.2) is 0 Å². The lowest BCUT2D eigenvalue weighted by molar-refractivity contribution is 0.122. The van der Waals surface area contributed by atoms with Crippen LogP contribution in [0.25, 0.3) is 0 Å². The number of halogens is 3. The molecule has 0 heterocycles. The lowest BCUT2D eigenvalue weighted by Crippen LogP contribution is -2.02. The van der Waals surface area contributed by atoms with Gasteiger partial charge in [0.1, 0.15) is 0 Å². The highest BCUT2D eigenvalue weighted by Gasteiger charge is 2.07. The van der Waals surface area contributed by atoms with Crippen molar-refractivity contribution in [1.82, 2.24) is 0 Å². The van der Waals surface area contributed by atoms with Crippen LogP contribution in [0, 0.1) is 5.92 Å². The molecule has 0 spiro atoms. The van der Waals surface area contributed by atoms with Crippen molar-refractivity contribution >= 4 is 11.6 Å². The first-order valence-electron chi connectivity index (χ1n) is 2.51. The summed E-state index contributed by atoms with van der Waals surface area (Å²) in [5.74, 6) is 0.265. The van der Waals surface area contributed by atoms with E-state index in [1.54, 1.807) is 6.92 Å². The fourth-order valence-corrected chi connectivity index (χ4v) is 0.493. The Morgan fingerprint density at radius 1 is 1.50 bits per heavy atom. The maximum absolute atomic E-state index is 11.4. The van der Waals surface area contributed by atoms with Crippen LogP contribution in [0.15, 0.2) is 0 Å². The Bertz CT molecular complexity index is 56.4. The molecule has 0 aliphatic carbocycles. The average molecular weight is 143 g/mol. The number of alkyl halides is 3. The van der Waals surface area contributed by atoms with Crippen molar-refractivity contribution in [2.45, 2.75) is 19.8 Å². The molecule has 0 aromatic heterocycles. The molecule has 0 aliphatic rings. The van der Waals surface area contributed by atoms with Gasteiger partial charge in [-0.25, -0.2) is 8.78 Å². The molecule has 3 heteroatoms. The topological polar surface area (TPSA) is 0 Å². The number of hydrogen-bond acceptors (Lipinski definition) is 0. The second-order valence-electron chi connectivity index (χ2n) is 1.89. The second kappa shape index (κ2) is 4.07. The Kier molecular flexibility index (Phi) is 4.15. The summed E-state index contributed by atoms with van der Waals surface area (Å²) in [6, 6.07) is 0. The molecule has 0 amide bonds. The molecule has 0 aliphatic heterocycles. The molecule has 0 radical (unpaired) electrons. The molecule has 50 valence electrons. The molecular formula is C5H9ClF2. The quantitative estimate of drug-likeness (QED) is 0.532. The van der Waals surface area contributed by atoms with Gasteiger partial charge in [0, 0.05) is 12.3 Å². The summed E-state index contributed by atoms with van der Waals surface area (Å²) in [6.45, 7) is 1.71. The predicted molar refractivity (Wildman–Crippen MR) is 30.5 cm³/mol. The SMILES string of the molecule is CC(CCl)CC(F)F. The van der Waals surface area contributed by atoms with Crippen LogP contribution in [-0.4, -0.2) is 12.3 Å². The van der Waals surface area contributed by atoms with E-state index in [2.05, 4.69) is 0 Å². The van der Waals surface area contributed by atoms with E-state index >= 15 is 0 Å². The molecule has 0 fully saturated rings. The molecule has 0 rings (SSSR count). The van der Waals surface area contributed by atoms with Crippen LogP contribution in [0.4, 0.5) is 8.78 Å². The van der Waals surface area contributed by atoms with Crippen LogP contribution in [0.3, 0.4) is 0 Å². The van der Waals surface area contributed by atoms with E-state index in [0.717, 1.165) is 0 Å². The lowest BCUT2D eigenvalue weighted by Gasteiger charge is -2.03. The Labute approximate surface area is 52.8 Å². The highest BCUT2D eigenvalue weighted by Crippen LogP contribution is 2.10. The normalized spacial score (nSPS) is 14.6. The van der Waals surface area contributed by atoms with E-state index in [1.165, 1.54) is 0 Å². The molecule has 0 saturated carbocycles. The van der Waals surface area contributed by atoms with Gasteiger partial charge in [0.05, 0.1) is 0 Å². The first-order valence-corrected chi connectivity index (χ1v) is 3.04. The molecule has 0 bridgehead atoms. The third kappa shape index (κ3) is 4.31. The zero-order valence-corrected chi connectivity index (χ0v) is 5.46. The van der Waals surface area contributed by atoms with E-state index < -0.39 is 6.43 Å². The highest BCUT2D eigenvalue weighted by molar-refractivity contribution is 6.18. The molecular weight excluding hydrogens is 134 g/mol. The van der Waals surface area contributed by atoms with E-state index in [1.807, 2.05) is 0 Å². The summed E-state index contributed by atoms with van der Waals surface area (Å²) in [7, 11) is 0.